The molecule has 0 amide bonds. The van der Waals surface area contributed by atoms with E-state index in [2.05, 4.69) is 38.2 Å². The summed E-state index contributed by atoms with van der Waals surface area (Å²) < 4.78 is 34.2. The lowest BCUT2D eigenvalue weighted by molar-refractivity contribution is -0.870. The fraction of sp³-hybridized carbons (Fsp3) is 0.854. The molecule has 0 saturated carbocycles. The molecule has 0 aliphatic heterocycles. The summed E-state index contributed by atoms with van der Waals surface area (Å²) >= 11 is 0. The molecule has 300 valence electrons. The second kappa shape index (κ2) is 34.3. The number of phosphoric acid groups is 1. The molecule has 0 fully saturated rings. The highest BCUT2D eigenvalue weighted by Crippen LogP contribution is 2.43. The van der Waals surface area contributed by atoms with Crippen LogP contribution in [-0.2, 0) is 32.7 Å². The zero-order valence-electron chi connectivity index (χ0n) is 33.6. The van der Waals surface area contributed by atoms with Gasteiger partial charge in [-0.2, -0.15) is 0 Å². The van der Waals surface area contributed by atoms with Crippen LogP contribution in [0.4, 0.5) is 0 Å². The van der Waals surface area contributed by atoms with Gasteiger partial charge in [0.25, 0.3) is 0 Å². The van der Waals surface area contributed by atoms with Crippen molar-refractivity contribution in [1.82, 2.24) is 0 Å². The molecule has 0 aromatic heterocycles. The molecule has 0 radical (unpaired) electrons. The van der Waals surface area contributed by atoms with Gasteiger partial charge in [0.1, 0.15) is 19.8 Å². The summed E-state index contributed by atoms with van der Waals surface area (Å²) in [4.78, 5) is 35.2. The number of esters is 2. The van der Waals surface area contributed by atoms with E-state index in [1.165, 1.54) is 70.6 Å². The Kier molecular flexibility index (Phi) is 33.3. The molecule has 0 rings (SSSR count). The number of hydrogen-bond acceptors (Lipinski definition) is 7. The molecule has 0 aliphatic carbocycles. The van der Waals surface area contributed by atoms with Crippen molar-refractivity contribution >= 4 is 19.8 Å². The van der Waals surface area contributed by atoms with Gasteiger partial charge in [-0.25, -0.2) is 4.57 Å². The van der Waals surface area contributed by atoms with Crippen molar-refractivity contribution in [2.24, 2.45) is 0 Å². The fourth-order valence-electron chi connectivity index (χ4n) is 5.41. The smallest absolute Gasteiger partial charge is 0.462 e. The molecule has 2 atom stereocenters. The Balaban J connectivity index is 4.42. The molecule has 9 nitrogen and oxygen atoms in total. The van der Waals surface area contributed by atoms with Gasteiger partial charge in [0.05, 0.1) is 27.7 Å². The van der Waals surface area contributed by atoms with E-state index in [1.807, 2.05) is 21.1 Å². The van der Waals surface area contributed by atoms with Crippen molar-refractivity contribution < 1.29 is 42.1 Å². The molecule has 1 unspecified atom stereocenters. The third kappa shape index (κ3) is 38.0. The lowest BCUT2D eigenvalue weighted by Gasteiger charge is -2.24. The summed E-state index contributed by atoms with van der Waals surface area (Å²) in [7, 11) is 1.46. The number of phosphoric ester groups is 1. The summed E-state index contributed by atoms with van der Waals surface area (Å²) in [6.45, 7) is 4.36. The predicted molar refractivity (Wildman–Crippen MR) is 211 cm³/mol. The average Bonchev–Trinajstić information content (AvgIpc) is 3.07. The lowest BCUT2D eigenvalue weighted by atomic mass is 10.1. The van der Waals surface area contributed by atoms with Crippen LogP contribution in [-0.4, -0.2) is 74.9 Å². The normalized spacial score (nSPS) is 13.9. The number of unbranched alkanes of at least 4 members (excludes halogenated alkanes) is 19. The second-order valence-corrected chi connectivity index (χ2v) is 16.5. The fourth-order valence-corrected chi connectivity index (χ4v) is 6.16. The Morgan fingerprint density at radius 2 is 1.00 bits per heavy atom. The van der Waals surface area contributed by atoms with Crippen molar-refractivity contribution in [3.8, 4) is 0 Å². The molecule has 0 heterocycles. The first-order valence-electron chi connectivity index (χ1n) is 20.6. The summed E-state index contributed by atoms with van der Waals surface area (Å²) in [6.07, 6.45) is 35.1. The van der Waals surface area contributed by atoms with E-state index in [0.29, 0.717) is 23.9 Å². The number of allylic oxidation sites excluding steroid dienone is 4. The van der Waals surface area contributed by atoms with Gasteiger partial charge in [-0.05, 0) is 64.2 Å². The Hall–Kier alpha value is -1.51. The third-order valence-electron chi connectivity index (χ3n) is 8.70. The summed E-state index contributed by atoms with van der Waals surface area (Å²) in [5.41, 5.74) is 0. The number of likely N-dealkylation sites (N-methyl/N-ethyl adjacent to an activating group) is 1. The van der Waals surface area contributed by atoms with E-state index in [4.69, 9.17) is 18.5 Å². The van der Waals surface area contributed by atoms with Crippen LogP contribution in [0.3, 0.4) is 0 Å². The summed E-state index contributed by atoms with van der Waals surface area (Å²) in [5.74, 6) is -0.827. The zero-order chi connectivity index (χ0) is 37.9. The van der Waals surface area contributed by atoms with E-state index in [1.54, 1.807) is 0 Å². The number of hydrogen-bond donors (Lipinski definition) is 1. The van der Waals surface area contributed by atoms with E-state index >= 15 is 0 Å². The minimum Gasteiger partial charge on any atom is -0.462 e. The van der Waals surface area contributed by atoms with Gasteiger partial charge in [-0.1, -0.05) is 122 Å². The topological polar surface area (TPSA) is 108 Å². The summed E-state index contributed by atoms with van der Waals surface area (Å²) in [6, 6.07) is 0. The highest BCUT2D eigenvalue weighted by Gasteiger charge is 2.27. The second-order valence-electron chi connectivity index (χ2n) is 15.0. The minimum atomic E-state index is -4.37. The van der Waals surface area contributed by atoms with Crippen molar-refractivity contribution in [1.29, 1.82) is 0 Å². The van der Waals surface area contributed by atoms with Gasteiger partial charge in [0, 0.05) is 12.8 Å². The Bertz CT molecular complexity index is 933. The molecule has 10 heteroatoms. The van der Waals surface area contributed by atoms with Gasteiger partial charge in [-0.15, -0.1) is 0 Å². The Morgan fingerprint density at radius 1 is 0.588 bits per heavy atom. The first-order chi connectivity index (χ1) is 24.5. The minimum absolute atomic E-state index is 0.0288. The Morgan fingerprint density at radius 3 is 1.51 bits per heavy atom. The predicted octanol–water partition coefficient (Wildman–Crippen LogP) is 11.2. The molecule has 0 saturated heterocycles. The monoisotopic (exact) mass is 745 g/mol. The van der Waals surface area contributed by atoms with Gasteiger partial charge in [-0.3, -0.25) is 18.6 Å². The van der Waals surface area contributed by atoms with E-state index < -0.39 is 26.5 Å². The van der Waals surface area contributed by atoms with Gasteiger partial charge >= 0.3 is 19.8 Å². The molecule has 0 aromatic rings. The number of carbonyl (C=O) groups is 2. The van der Waals surface area contributed by atoms with Crippen LogP contribution in [0.2, 0.25) is 0 Å². The maximum atomic E-state index is 12.6. The van der Waals surface area contributed by atoms with Crippen LogP contribution in [0, 0.1) is 0 Å². The van der Waals surface area contributed by atoms with Crippen molar-refractivity contribution in [2.75, 3.05) is 47.5 Å². The maximum absolute atomic E-state index is 12.6. The van der Waals surface area contributed by atoms with Crippen LogP contribution in [0.5, 0.6) is 0 Å². The quantitative estimate of drug-likeness (QED) is 0.0220. The summed E-state index contributed by atoms with van der Waals surface area (Å²) in [5, 5.41) is 0. The van der Waals surface area contributed by atoms with Crippen molar-refractivity contribution in [3.63, 3.8) is 0 Å². The zero-order valence-corrected chi connectivity index (χ0v) is 34.5. The van der Waals surface area contributed by atoms with E-state index in [-0.39, 0.29) is 32.0 Å². The van der Waals surface area contributed by atoms with Crippen LogP contribution < -0.4 is 0 Å². The number of ether oxygens (including phenoxy) is 2. The van der Waals surface area contributed by atoms with Gasteiger partial charge in [0.2, 0.25) is 0 Å². The van der Waals surface area contributed by atoms with Gasteiger partial charge < -0.3 is 18.9 Å². The number of quaternary nitrogens is 1. The first kappa shape index (κ1) is 49.5. The maximum Gasteiger partial charge on any atom is 0.472 e. The lowest BCUT2D eigenvalue weighted by Crippen LogP contribution is -2.37. The van der Waals surface area contributed by atoms with Crippen LogP contribution in [0.25, 0.3) is 0 Å². The Labute approximate surface area is 313 Å². The standard InChI is InChI=1S/C41H78NO8P/c1-6-8-10-12-14-16-18-20-21-22-24-25-27-29-31-33-40(43)47-37-39(38-49-51(45,46)48-36-35-42(3,4)5)50-41(44)34-32-30-28-26-23-19-17-15-13-11-9-7-2/h15,17,22,24,39H,6-14,16,18-21,23,25-38H2,1-5H3/p+1/b17-15+,24-22+/t39-/m1/s1. The molecule has 0 spiro atoms. The number of rotatable bonds is 37. The molecule has 0 aliphatic rings. The largest absolute Gasteiger partial charge is 0.472 e. The van der Waals surface area contributed by atoms with Crippen molar-refractivity contribution in [2.45, 2.75) is 180 Å². The molecule has 0 bridgehead atoms. The molecule has 51 heavy (non-hydrogen) atoms. The highest BCUT2D eigenvalue weighted by molar-refractivity contribution is 7.47. The molecule has 0 aromatic carbocycles. The van der Waals surface area contributed by atoms with Crippen LogP contribution >= 0.6 is 7.82 Å². The van der Waals surface area contributed by atoms with Crippen LogP contribution in [0.15, 0.2) is 24.3 Å². The van der Waals surface area contributed by atoms with E-state index in [0.717, 1.165) is 64.2 Å². The van der Waals surface area contributed by atoms with E-state index in [9.17, 15) is 19.0 Å². The molecular weight excluding hydrogens is 665 g/mol. The number of carbonyl (C=O) groups excluding carboxylic acids is 2. The highest BCUT2D eigenvalue weighted by atomic mass is 31.2. The third-order valence-corrected chi connectivity index (χ3v) is 9.69. The van der Waals surface area contributed by atoms with Crippen molar-refractivity contribution in [3.05, 3.63) is 24.3 Å². The number of nitrogens with zero attached hydrogens (tertiary/aromatic N) is 1. The molecular formula is C41H79NO8P+. The SMILES string of the molecule is CCCCC/C=C/CCCCCCCC(=O)O[C@H](COC(=O)CCCCC/C=C/CCCCCCCCCC)COP(=O)(O)OCC[N+](C)(C)C. The molecule has 1 N–H and O–H groups in total. The van der Waals surface area contributed by atoms with Gasteiger partial charge in [0.15, 0.2) is 6.10 Å². The first-order valence-corrected chi connectivity index (χ1v) is 22.1. The van der Waals surface area contributed by atoms with Crippen LogP contribution in [0.1, 0.15) is 174 Å². The average molecular weight is 745 g/mol.